The van der Waals surface area contributed by atoms with Crippen molar-refractivity contribution in [2.75, 3.05) is 39.8 Å². The minimum Gasteiger partial charge on any atom is -0.354 e. The van der Waals surface area contributed by atoms with E-state index < -0.39 is 0 Å². The molecule has 1 saturated carbocycles. The van der Waals surface area contributed by atoms with Gasteiger partial charge in [-0.05, 0) is 24.7 Å². The van der Waals surface area contributed by atoms with Gasteiger partial charge < -0.3 is 15.5 Å². The molecule has 7 heteroatoms. The van der Waals surface area contributed by atoms with Gasteiger partial charge in [-0.1, -0.05) is 19.3 Å². The van der Waals surface area contributed by atoms with Crippen LogP contribution < -0.4 is 10.6 Å². The molecular weight excluding hydrogens is 294 g/mol. The molecular formula is C16H27N5O2. The van der Waals surface area contributed by atoms with E-state index in [1.807, 2.05) is 0 Å². The van der Waals surface area contributed by atoms with Crippen molar-refractivity contribution >= 4 is 17.9 Å². The summed E-state index contributed by atoms with van der Waals surface area (Å²) in [5, 5.41) is 5.84. The third-order valence-corrected chi connectivity index (χ3v) is 5.42. The molecule has 2 aliphatic heterocycles. The first-order valence-electron chi connectivity index (χ1n) is 8.67. The molecule has 0 aromatic rings. The number of likely N-dealkylation sites (tertiary alicyclic amines) is 1. The predicted molar refractivity (Wildman–Crippen MR) is 88.2 cm³/mol. The van der Waals surface area contributed by atoms with Crippen LogP contribution in [0.4, 0.5) is 4.79 Å². The molecule has 2 saturated heterocycles. The quantitative estimate of drug-likeness (QED) is 0.457. The first-order chi connectivity index (χ1) is 11.1. The van der Waals surface area contributed by atoms with Crippen molar-refractivity contribution < 1.29 is 9.59 Å². The summed E-state index contributed by atoms with van der Waals surface area (Å²) >= 11 is 0. The third-order valence-electron chi connectivity index (χ3n) is 5.42. The molecule has 3 amide bonds. The van der Waals surface area contributed by atoms with Gasteiger partial charge >= 0.3 is 6.03 Å². The lowest BCUT2D eigenvalue weighted by Gasteiger charge is -2.33. The predicted octanol–water partition coefficient (Wildman–Crippen LogP) is 0.770. The van der Waals surface area contributed by atoms with Crippen LogP contribution in [-0.4, -0.2) is 67.5 Å². The Morgan fingerprint density at radius 1 is 1.26 bits per heavy atom. The van der Waals surface area contributed by atoms with E-state index in [1.165, 1.54) is 43.4 Å². The number of urea groups is 1. The van der Waals surface area contributed by atoms with Gasteiger partial charge in [-0.25, -0.2) is 4.79 Å². The fourth-order valence-corrected chi connectivity index (χ4v) is 4.12. The molecule has 0 atom stereocenters. The molecule has 2 heterocycles. The topological polar surface area (TPSA) is 77.0 Å². The second kappa shape index (κ2) is 6.76. The number of amides is 3. The number of carbonyl (C=O) groups is 2. The van der Waals surface area contributed by atoms with Gasteiger partial charge in [0.1, 0.15) is 0 Å². The molecule has 2 N–H and O–H groups in total. The van der Waals surface area contributed by atoms with Crippen LogP contribution in [0.15, 0.2) is 4.99 Å². The SMILES string of the molecule is CN=C(NCCN1C(=O)CNC1=O)N1CCC2(CCCCC2)C1. The summed E-state index contributed by atoms with van der Waals surface area (Å²) in [4.78, 5) is 31.0. The van der Waals surface area contributed by atoms with E-state index in [0.717, 1.165) is 19.0 Å². The van der Waals surface area contributed by atoms with Crippen LogP contribution in [0.3, 0.4) is 0 Å². The third kappa shape index (κ3) is 3.43. The van der Waals surface area contributed by atoms with Gasteiger partial charge in [0.25, 0.3) is 0 Å². The second-order valence-electron chi connectivity index (χ2n) is 6.91. The molecule has 7 nitrogen and oxygen atoms in total. The van der Waals surface area contributed by atoms with Gasteiger partial charge in [-0.2, -0.15) is 0 Å². The summed E-state index contributed by atoms with van der Waals surface area (Å²) < 4.78 is 0. The summed E-state index contributed by atoms with van der Waals surface area (Å²) in [6, 6.07) is -0.297. The van der Waals surface area contributed by atoms with Crippen LogP contribution in [0.1, 0.15) is 38.5 Å². The number of hydrogen-bond donors (Lipinski definition) is 2. The molecule has 1 aliphatic carbocycles. The molecule has 0 radical (unpaired) electrons. The Balaban J connectivity index is 1.49. The lowest BCUT2D eigenvalue weighted by atomic mass is 9.73. The van der Waals surface area contributed by atoms with Crippen molar-refractivity contribution in [3.05, 3.63) is 0 Å². The maximum absolute atomic E-state index is 11.6. The van der Waals surface area contributed by atoms with E-state index in [-0.39, 0.29) is 18.5 Å². The van der Waals surface area contributed by atoms with E-state index in [9.17, 15) is 9.59 Å². The Labute approximate surface area is 137 Å². The van der Waals surface area contributed by atoms with Gasteiger partial charge in [0.15, 0.2) is 5.96 Å². The summed E-state index contributed by atoms with van der Waals surface area (Å²) in [6.07, 6.45) is 8.01. The maximum atomic E-state index is 11.6. The summed E-state index contributed by atoms with van der Waals surface area (Å²) in [5.41, 5.74) is 0.487. The Hall–Kier alpha value is -1.79. The number of hydrogen-bond acceptors (Lipinski definition) is 3. The van der Waals surface area contributed by atoms with Crippen LogP contribution in [0, 0.1) is 5.41 Å². The average molecular weight is 321 g/mol. The Kier molecular flexibility index (Phi) is 4.73. The smallest absolute Gasteiger partial charge is 0.324 e. The van der Waals surface area contributed by atoms with Gasteiger partial charge in [0, 0.05) is 33.2 Å². The van der Waals surface area contributed by atoms with E-state index in [0.29, 0.717) is 18.5 Å². The second-order valence-corrected chi connectivity index (χ2v) is 6.91. The fourth-order valence-electron chi connectivity index (χ4n) is 4.12. The van der Waals surface area contributed by atoms with Crippen molar-refractivity contribution in [3.63, 3.8) is 0 Å². The maximum Gasteiger partial charge on any atom is 0.324 e. The summed E-state index contributed by atoms with van der Waals surface area (Å²) in [7, 11) is 1.79. The van der Waals surface area contributed by atoms with E-state index >= 15 is 0 Å². The Morgan fingerprint density at radius 3 is 2.70 bits per heavy atom. The Bertz CT molecular complexity index is 483. The van der Waals surface area contributed by atoms with Crippen molar-refractivity contribution in [2.45, 2.75) is 38.5 Å². The molecule has 1 spiro atoms. The number of carbonyl (C=O) groups excluding carboxylic acids is 2. The zero-order chi connectivity index (χ0) is 16.3. The van der Waals surface area contributed by atoms with E-state index in [4.69, 9.17) is 0 Å². The van der Waals surface area contributed by atoms with Crippen molar-refractivity contribution in [2.24, 2.45) is 10.4 Å². The largest absolute Gasteiger partial charge is 0.354 e. The van der Waals surface area contributed by atoms with Gasteiger partial charge in [0.2, 0.25) is 5.91 Å². The highest BCUT2D eigenvalue weighted by molar-refractivity contribution is 6.01. The fraction of sp³-hybridized carbons (Fsp3) is 0.812. The lowest BCUT2D eigenvalue weighted by molar-refractivity contribution is -0.124. The standard InChI is InChI=1S/C16H27N5O2/c1-17-14(18-8-10-21-13(22)11-19-15(21)23)20-9-7-16(12-20)5-3-2-4-6-16/h2-12H2,1H3,(H,17,18)(H,19,23). The molecule has 23 heavy (non-hydrogen) atoms. The molecule has 3 fully saturated rings. The highest BCUT2D eigenvalue weighted by atomic mass is 16.2. The first kappa shape index (κ1) is 16.1. The van der Waals surface area contributed by atoms with E-state index in [2.05, 4.69) is 20.5 Å². The number of nitrogens with one attached hydrogen (secondary N) is 2. The molecule has 0 bridgehead atoms. The van der Waals surface area contributed by atoms with Crippen LogP contribution in [-0.2, 0) is 4.79 Å². The number of nitrogens with zero attached hydrogens (tertiary/aromatic N) is 3. The molecule has 3 rings (SSSR count). The number of rotatable bonds is 3. The molecule has 0 aromatic heterocycles. The summed E-state index contributed by atoms with van der Waals surface area (Å²) in [6.45, 7) is 3.15. The van der Waals surface area contributed by atoms with Crippen LogP contribution in [0.25, 0.3) is 0 Å². The number of aliphatic imine (C=N–C) groups is 1. The zero-order valence-electron chi connectivity index (χ0n) is 13.9. The first-order valence-corrected chi connectivity index (χ1v) is 8.67. The van der Waals surface area contributed by atoms with Crippen molar-refractivity contribution in [1.82, 2.24) is 20.4 Å². The zero-order valence-corrected chi connectivity index (χ0v) is 13.9. The van der Waals surface area contributed by atoms with Gasteiger partial charge in [0.05, 0.1) is 6.54 Å². The summed E-state index contributed by atoms with van der Waals surface area (Å²) in [5.74, 6) is 0.730. The monoisotopic (exact) mass is 321 g/mol. The molecule has 0 unspecified atom stereocenters. The van der Waals surface area contributed by atoms with E-state index in [1.54, 1.807) is 7.05 Å². The number of imide groups is 1. The van der Waals surface area contributed by atoms with Crippen molar-refractivity contribution in [3.8, 4) is 0 Å². The molecule has 0 aromatic carbocycles. The van der Waals surface area contributed by atoms with Crippen molar-refractivity contribution in [1.29, 1.82) is 0 Å². The van der Waals surface area contributed by atoms with Crippen LogP contribution >= 0.6 is 0 Å². The highest BCUT2D eigenvalue weighted by Crippen LogP contribution is 2.43. The minimum absolute atomic E-state index is 0.113. The average Bonchev–Trinajstić information content (AvgIpc) is 3.10. The lowest BCUT2D eigenvalue weighted by Crippen LogP contribution is -2.45. The van der Waals surface area contributed by atoms with Gasteiger partial charge in [-0.3, -0.25) is 14.7 Å². The normalized spacial score (nSPS) is 24.5. The molecule has 128 valence electrons. The van der Waals surface area contributed by atoms with Gasteiger partial charge in [-0.15, -0.1) is 0 Å². The van der Waals surface area contributed by atoms with Crippen LogP contribution in [0.5, 0.6) is 0 Å². The Morgan fingerprint density at radius 2 is 2.04 bits per heavy atom. The van der Waals surface area contributed by atoms with Crippen LogP contribution in [0.2, 0.25) is 0 Å². The highest BCUT2D eigenvalue weighted by Gasteiger charge is 2.39. The minimum atomic E-state index is -0.297. The molecule has 3 aliphatic rings. The number of guanidine groups is 1.